The fourth-order valence-electron chi connectivity index (χ4n) is 17.3. The molecule has 7 nitrogen and oxygen atoms in total. The maximum atomic E-state index is 6.90. The van der Waals surface area contributed by atoms with E-state index in [2.05, 4.69) is 268 Å². The lowest BCUT2D eigenvalue weighted by Gasteiger charge is -2.30. The Labute approximate surface area is 608 Å². The van der Waals surface area contributed by atoms with Crippen molar-refractivity contribution in [2.75, 3.05) is 4.90 Å². The minimum atomic E-state index is 0.134. The van der Waals surface area contributed by atoms with Crippen LogP contribution in [0.4, 0.5) is 11.4 Å². The first-order valence-corrected chi connectivity index (χ1v) is 38.3. The Morgan fingerprint density at radius 3 is 1.65 bits per heavy atom. The number of fused-ring (bicyclic) bond motifs is 24. The van der Waals surface area contributed by atoms with Crippen molar-refractivity contribution < 1.29 is 8.83 Å². The molecule has 0 saturated heterocycles. The van der Waals surface area contributed by atoms with Crippen LogP contribution in [-0.2, 0) is 0 Å². The highest BCUT2D eigenvalue weighted by atomic mass is 32.1. The molecule has 2 aliphatic rings. The van der Waals surface area contributed by atoms with E-state index in [9.17, 15) is 0 Å². The van der Waals surface area contributed by atoms with Crippen LogP contribution in [0, 0.1) is 0 Å². The van der Waals surface area contributed by atoms with Gasteiger partial charge in [-0.1, -0.05) is 133 Å². The molecule has 24 rings (SSSR count). The summed E-state index contributed by atoms with van der Waals surface area (Å²) in [4.78, 5) is 16.9. The van der Waals surface area contributed by atoms with Gasteiger partial charge in [0.2, 0.25) is 0 Å². The number of furan rings is 2. The zero-order valence-corrected chi connectivity index (χ0v) is 58.4. The van der Waals surface area contributed by atoms with Crippen molar-refractivity contribution in [1.29, 1.82) is 0 Å². The molecule has 22 aromatic rings. The molecule has 1 aliphatic carbocycles. The summed E-state index contributed by atoms with van der Waals surface area (Å²) in [7, 11) is 0. The van der Waals surface area contributed by atoms with E-state index in [0.29, 0.717) is 0 Å². The Bertz CT molecular complexity index is 7640. The minimum Gasteiger partial charge on any atom is -0.456 e. The largest absolute Gasteiger partial charge is 0.456 e. The Hall–Kier alpha value is -12.4. The number of benzene rings is 12. The van der Waals surface area contributed by atoms with Crippen molar-refractivity contribution in [3.63, 3.8) is 0 Å². The van der Waals surface area contributed by atoms with Gasteiger partial charge in [-0.15, -0.1) is 45.3 Å². The van der Waals surface area contributed by atoms with Gasteiger partial charge in [0, 0.05) is 146 Å². The molecule has 1 aliphatic heterocycles. The van der Waals surface area contributed by atoms with Crippen molar-refractivity contribution in [2.45, 2.75) is 12.5 Å². The van der Waals surface area contributed by atoms with E-state index in [1.54, 1.807) is 11.3 Å². The smallest absolute Gasteiger partial charge is 0.155 e. The van der Waals surface area contributed by atoms with Crippen LogP contribution in [-0.4, -0.2) is 25.6 Å². The predicted octanol–water partition coefficient (Wildman–Crippen LogP) is 27.3. The molecule has 484 valence electrons. The van der Waals surface area contributed by atoms with Crippen molar-refractivity contribution in [2.24, 2.45) is 0 Å². The Balaban J connectivity index is 0.583. The van der Waals surface area contributed by atoms with Crippen LogP contribution < -0.4 is 4.90 Å². The molecule has 0 amide bonds. The molecule has 0 fully saturated rings. The maximum absolute atomic E-state index is 6.90. The first-order valence-electron chi connectivity index (χ1n) is 35.1. The highest BCUT2D eigenvalue weighted by Crippen LogP contribution is 2.54. The lowest BCUT2D eigenvalue weighted by Crippen LogP contribution is -2.27. The number of allylic oxidation sites excluding steroid dienone is 2. The standard InChI is InChI=1S/C93H51N5O2S4/c1-3-12-80-60(7-1)61-24-15-54(43-82(61)99-80)50-22-31-77-71(39-50)72-40-51(23-32-78(72)98(77)93-92-67(33-38-96-93)74-49-95-37-35-86(74)104-92)55-18-28-68-83(44-55)100-81-13-6-9-59(90(68)81)58-19-27-65-64-26-17-57(46-88(64)102-89(65)47-58)53-21-30-76-70(42-53)69-41-52(56-16-25-63-62-8-2-4-14-84(62)101-87(63)45-56)20-29-75(69)97(76)79-11-5-10-66-73-48-94-36-34-85(73)103-91(66)79/h1-29,31-49,76H,30H2. The van der Waals surface area contributed by atoms with Crippen LogP contribution in [0.15, 0.2) is 301 Å². The highest BCUT2D eigenvalue weighted by molar-refractivity contribution is 7.27. The van der Waals surface area contributed by atoms with E-state index in [1.165, 1.54) is 116 Å². The summed E-state index contributed by atoms with van der Waals surface area (Å²) in [6.45, 7) is 0. The van der Waals surface area contributed by atoms with Crippen molar-refractivity contribution in [3.05, 3.63) is 303 Å². The summed E-state index contributed by atoms with van der Waals surface area (Å²) in [6, 6.07) is 92.2. The zero-order valence-electron chi connectivity index (χ0n) is 55.2. The normalized spacial score (nSPS) is 14.1. The SMILES string of the molecule is C1=C(c2ccc3c(c2)sc2cc(-c4cccc5oc6cc(-c7ccc8c(c7)c7cc(-c9ccc%10c(c9)oc9ccccc9%10)ccc7n8-c7nccc8c7sc7ccncc78)ccc6c45)ccc23)C=C2c3cc(-c4ccc5c(c4)sc4ccccc45)ccc3N(c3cccc4c3sc3ccncc34)C2C1. The predicted molar refractivity (Wildman–Crippen MR) is 441 cm³/mol. The summed E-state index contributed by atoms with van der Waals surface area (Å²) in [5.74, 6) is 0.907. The van der Waals surface area contributed by atoms with Gasteiger partial charge in [0.25, 0.3) is 0 Å². The molecule has 0 bridgehead atoms. The summed E-state index contributed by atoms with van der Waals surface area (Å²) in [6.07, 6.45) is 15.6. The molecule has 1 unspecified atom stereocenters. The molecule has 10 aromatic heterocycles. The summed E-state index contributed by atoms with van der Waals surface area (Å²) >= 11 is 7.39. The molecule has 12 aromatic carbocycles. The van der Waals surface area contributed by atoms with Crippen LogP contribution in [0.25, 0.3) is 208 Å². The van der Waals surface area contributed by atoms with Crippen molar-refractivity contribution in [1.82, 2.24) is 19.5 Å². The third-order valence-corrected chi connectivity index (χ3v) is 26.8. The summed E-state index contributed by atoms with van der Waals surface area (Å²) < 4.78 is 25.7. The van der Waals surface area contributed by atoms with E-state index in [-0.39, 0.29) is 6.04 Å². The molecule has 11 heterocycles. The second-order valence-electron chi connectivity index (χ2n) is 27.7. The first-order chi connectivity index (χ1) is 51.5. The number of aromatic nitrogens is 4. The second kappa shape index (κ2) is 21.6. The molecular weight excluding hydrogens is 1350 g/mol. The van der Waals surface area contributed by atoms with Gasteiger partial charge >= 0.3 is 0 Å². The maximum Gasteiger partial charge on any atom is 0.155 e. The number of para-hydroxylation sites is 1. The Morgan fingerprint density at radius 2 is 0.875 bits per heavy atom. The quantitative estimate of drug-likeness (QED) is 0.158. The Kier molecular flexibility index (Phi) is 11.9. The number of hydrogen-bond acceptors (Lipinski definition) is 10. The topological polar surface area (TPSA) is 73.1 Å². The molecule has 0 saturated carbocycles. The minimum absolute atomic E-state index is 0.134. The van der Waals surface area contributed by atoms with Gasteiger partial charge in [-0.25, -0.2) is 4.98 Å². The van der Waals surface area contributed by atoms with Crippen LogP contribution in [0.1, 0.15) is 17.5 Å². The fourth-order valence-corrected chi connectivity index (χ4v) is 22.0. The van der Waals surface area contributed by atoms with Crippen LogP contribution >= 0.6 is 45.3 Å². The van der Waals surface area contributed by atoms with E-state index in [4.69, 9.17) is 13.8 Å². The number of thiophene rings is 4. The number of pyridine rings is 3. The van der Waals surface area contributed by atoms with Crippen LogP contribution in [0.3, 0.4) is 0 Å². The van der Waals surface area contributed by atoms with E-state index in [0.717, 1.165) is 121 Å². The lowest BCUT2D eigenvalue weighted by molar-refractivity contribution is 0.668. The summed E-state index contributed by atoms with van der Waals surface area (Å²) in [5.41, 5.74) is 22.5. The average Bonchev–Trinajstić information content (AvgIpc) is 1.57. The number of rotatable bonds is 7. The van der Waals surface area contributed by atoms with Gasteiger partial charge in [0.05, 0.1) is 32.2 Å². The van der Waals surface area contributed by atoms with E-state index < -0.39 is 0 Å². The average molecular weight is 1400 g/mol. The van der Waals surface area contributed by atoms with E-state index in [1.807, 2.05) is 77.1 Å². The first kappa shape index (κ1) is 57.3. The second-order valence-corrected chi connectivity index (χ2v) is 31.9. The number of nitrogens with zero attached hydrogens (tertiary/aromatic N) is 5. The fraction of sp³-hybridized carbons (Fsp3) is 0.0215. The summed E-state index contributed by atoms with van der Waals surface area (Å²) in [5, 5.41) is 16.7. The zero-order chi connectivity index (χ0) is 67.6. The molecule has 0 N–H and O–H groups in total. The van der Waals surface area contributed by atoms with Gasteiger partial charge in [-0.3, -0.25) is 14.5 Å². The lowest BCUT2D eigenvalue weighted by atomic mass is 9.88. The highest BCUT2D eigenvalue weighted by Gasteiger charge is 2.38. The van der Waals surface area contributed by atoms with Crippen molar-refractivity contribution >= 4 is 214 Å². The van der Waals surface area contributed by atoms with E-state index >= 15 is 0 Å². The van der Waals surface area contributed by atoms with Gasteiger partial charge in [0.1, 0.15) is 22.3 Å². The molecule has 0 spiro atoms. The molecule has 104 heavy (non-hydrogen) atoms. The van der Waals surface area contributed by atoms with Gasteiger partial charge in [0.15, 0.2) is 5.82 Å². The van der Waals surface area contributed by atoms with Crippen LogP contribution in [0.2, 0.25) is 0 Å². The number of hydrogen-bond donors (Lipinski definition) is 0. The molecule has 11 heteroatoms. The molecule has 0 radical (unpaired) electrons. The molecular formula is C93H51N5O2S4. The Morgan fingerprint density at radius 1 is 0.337 bits per heavy atom. The van der Waals surface area contributed by atoms with Crippen molar-refractivity contribution in [3.8, 4) is 50.3 Å². The van der Waals surface area contributed by atoms with Gasteiger partial charge in [-0.2, -0.15) is 0 Å². The number of anilines is 2. The molecule has 1 atom stereocenters. The monoisotopic (exact) mass is 1400 g/mol. The van der Waals surface area contributed by atoms with Crippen LogP contribution in [0.5, 0.6) is 0 Å². The van der Waals surface area contributed by atoms with Gasteiger partial charge in [-0.05, 0) is 195 Å². The van der Waals surface area contributed by atoms with Gasteiger partial charge < -0.3 is 13.7 Å². The third-order valence-electron chi connectivity index (χ3n) is 22.2. The third kappa shape index (κ3) is 8.34.